The van der Waals surface area contributed by atoms with Gasteiger partial charge in [0.25, 0.3) is 0 Å². The van der Waals surface area contributed by atoms with Gasteiger partial charge in [0.15, 0.2) is 0 Å². The van der Waals surface area contributed by atoms with Crippen molar-refractivity contribution in [2.24, 2.45) is 16.8 Å². The molecule has 7 rings (SSSR count). The highest BCUT2D eigenvalue weighted by Crippen LogP contribution is 2.35. The van der Waals surface area contributed by atoms with Gasteiger partial charge in [0.2, 0.25) is 11.8 Å². The topological polar surface area (TPSA) is 158 Å². The molecule has 3 N–H and O–H groups in total. The van der Waals surface area contributed by atoms with Gasteiger partial charge in [0, 0.05) is 30.8 Å². The summed E-state index contributed by atoms with van der Waals surface area (Å²) in [5, 5.41) is 7.68. The highest BCUT2D eigenvalue weighted by Gasteiger charge is 2.38. The van der Waals surface area contributed by atoms with Crippen molar-refractivity contribution in [3.8, 4) is 22.4 Å². The molecular weight excluding hydrogens is 759 g/mol. The third-order valence-electron chi connectivity index (χ3n) is 12.1. The number of imidazole rings is 1. The fraction of sp³-hybridized carbons (Fsp3) is 0.447. The molecule has 0 unspecified atom stereocenters. The molecule has 4 aromatic rings. The zero-order valence-corrected chi connectivity index (χ0v) is 35.5. The number of aromatic amines is 1. The summed E-state index contributed by atoms with van der Waals surface area (Å²) in [7, 11) is 2.61. The maximum atomic E-state index is 13.7. The fourth-order valence-corrected chi connectivity index (χ4v) is 8.70. The maximum Gasteiger partial charge on any atom is 0.407 e. The van der Waals surface area contributed by atoms with Gasteiger partial charge in [-0.2, -0.15) is 0 Å². The SMILES string of the molecule is COC(=O)N[C@H](C(=O)N1CCCC[C@H]1C1=NC(c2ccc(-c3ccc4cc(-c5cnc([C@@H]6CCCCN6C(=O)[C@@H](NC(=O)OC)C(C)C)[nH]5)ccc4c3)cc2)=CC1)C(C)C. The van der Waals surface area contributed by atoms with Gasteiger partial charge in [-0.15, -0.1) is 0 Å². The molecule has 3 aliphatic rings. The number of H-pyrrole nitrogens is 1. The summed E-state index contributed by atoms with van der Waals surface area (Å²) in [6, 6.07) is 19.6. The molecule has 0 saturated carbocycles. The van der Waals surface area contributed by atoms with E-state index in [4.69, 9.17) is 19.5 Å². The van der Waals surface area contributed by atoms with Crippen LogP contribution in [0.25, 0.3) is 38.9 Å². The number of carbonyl (C=O) groups excluding carboxylic acids is 4. The standard InChI is InChI=1S/C47H57N7O6/c1-28(2)41(51-46(57)59-5)44(55)53-23-9-7-11-39(53)37-22-21-36(49-37)31-15-13-30(14-16-31)32-17-18-34-26-35(20-19-33(34)25-32)38-27-48-43(50-38)40-12-8-10-24-54(40)45(56)42(29(3)4)52-47(58)60-6/h13-21,25-29,39-42H,7-12,22-24H2,1-6H3,(H,48,50)(H,51,57)(H,52,58)/t39-,40-,41-,42-/m0/s1. The van der Waals surface area contributed by atoms with Crippen molar-refractivity contribution in [1.29, 1.82) is 0 Å². The second-order valence-electron chi connectivity index (χ2n) is 16.7. The van der Waals surface area contributed by atoms with E-state index in [0.717, 1.165) is 94.5 Å². The first kappa shape index (κ1) is 42.2. The van der Waals surface area contributed by atoms with Crippen LogP contribution in [0.4, 0.5) is 9.59 Å². The molecule has 3 aromatic carbocycles. The Kier molecular flexibility index (Phi) is 13.0. The average Bonchev–Trinajstić information content (AvgIpc) is 3.98. The van der Waals surface area contributed by atoms with Crippen molar-refractivity contribution in [2.75, 3.05) is 27.3 Å². The number of nitrogens with zero attached hydrogens (tertiary/aromatic N) is 4. The van der Waals surface area contributed by atoms with Gasteiger partial charge in [0.1, 0.15) is 17.9 Å². The number of likely N-dealkylation sites (tertiary alicyclic amines) is 2. The van der Waals surface area contributed by atoms with Crippen LogP contribution >= 0.6 is 0 Å². The third-order valence-corrected chi connectivity index (χ3v) is 12.1. The number of ether oxygens (including phenoxy) is 2. The van der Waals surface area contributed by atoms with Crippen molar-refractivity contribution >= 4 is 46.2 Å². The first-order chi connectivity index (χ1) is 28.9. The van der Waals surface area contributed by atoms with E-state index >= 15 is 0 Å². The minimum Gasteiger partial charge on any atom is -0.453 e. The predicted octanol–water partition coefficient (Wildman–Crippen LogP) is 8.28. The van der Waals surface area contributed by atoms with E-state index in [9.17, 15) is 19.2 Å². The van der Waals surface area contributed by atoms with Crippen LogP contribution in [-0.2, 0) is 19.1 Å². The largest absolute Gasteiger partial charge is 0.453 e. The molecule has 4 atom stereocenters. The highest BCUT2D eigenvalue weighted by molar-refractivity contribution is 6.02. The van der Waals surface area contributed by atoms with Crippen LogP contribution in [-0.4, -0.2) is 94.9 Å². The number of methoxy groups -OCH3 is 2. The van der Waals surface area contributed by atoms with E-state index in [2.05, 4.69) is 82.4 Å². The smallest absolute Gasteiger partial charge is 0.407 e. The Balaban J connectivity index is 1.03. The second kappa shape index (κ2) is 18.5. The van der Waals surface area contributed by atoms with Gasteiger partial charge in [-0.25, -0.2) is 14.6 Å². The van der Waals surface area contributed by atoms with Crippen LogP contribution in [0.15, 0.2) is 77.9 Å². The summed E-state index contributed by atoms with van der Waals surface area (Å²) in [5.41, 5.74) is 7.01. The zero-order valence-electron chi connectivity index (χ0n) is 35.5. The number of piperidine rings is 2. The van der Waals surface area contributed by atoms with E-state index in [1.807, 2.05) is 43.7 Å². The molecule has 0 radical (unpaired) electrons. The molecule has 0 aliphatic carbocycles. The quantitative estimate of drug-likeness (QED) is 0.138. The van der Waals surface area contributed by atoms with Gasteiger partial charge in [-0.05, 0) is 90.0 Å². The molecule has 3 aliphatic heterocycles. The fourth-order valence-electron chi connectivity index (χ4n) is 8.70. The number of allylic oxidation sites excluding steroid dienone is 1. The van der Waals surface area contributed by atoms with E-state index in [0.29, 0.717) is 19.5 Å². The second-order valence-corrected chi connectivity index (χ2v) is 16.7. The summed E-state index contributed by atoms with van der Waals surface area (Å²) in [6.45, 7) is 8.92. The minimum absolute atomic E-state index is 0.0873. The summed E-state index contributed by atoms with van der Waals surface area (Å²) < 4.78 is 9.60. The van der Waals surface area contributed by atoms with E-state index in [1.54, 1.807) is 0 Å². The highest BCUT2D eigenvalue weighted by atomic mass is 16.5. The third kappa shape index (κ3) is 9.09. The van der Waals surface area contributed by atoms with E-state index in [-0.39, 0.29) is 35.7 Å². The van der Waals surface area contributed by atoms with Crippen LogP contribution in [0.1, 0.15) is 90.1 Å². The number of amides is 4. The van der Waals surface area contributed by atoms with Gasteiger partial charge >= 0.3 is 12.2 Å². The molecule has 4 heterocycles. The first-order valence-electron chi connectivity index (χ1n) is 21.2. The Labute approximate surface area is 352 Å². The lowest BCUT2D eigenvalue weighted by molar-refractivity contribution is -0.138. The van der Waals surface area contributed by atoms with E-state index in [1.165, 1.54) is 14.2 Å². The van der Waals surface area contributed by atoms with Crippen molar-refractivity contribution in [2.45, 2.75) is 96.8 Å². The van der Waals surface area contributed by atoms with Crippen molar-refractivity contribution < 1.29 is 28.7 Å². The van der Waals surface area contributed by atoms with Gasteiger partial charge in [-0.3, -0.25) is 14.6 Å². The van der Waals surface area contributed by atoms with Crippen LogP contribution < -0.4 is 10.6 Å². The Morgan fingerprint density at radius 2 is 1.20 bits per heavy atom. The molecule has 2 saturated heterocycles. The lowest BCUT2D eigenvalue weighted by Crippen LogP contribution is -2.56. The van der Waals surface area contributed by atoms with Gasteiger partial charge in [0.05, 0.1) is 43.9 Å². The summed E-state index contributed by atoms with van der Waals surface area (Å²) in [4.78, 5) is 68.7. The maximum absolute atomic E-state index is 13.7. The van der Waals surface area contributed by atoms with Crippen molar-refractivity contribution in [3.05, 3.63) is 84.3 Å². The number of hydrogen-bond acceptors (Lipinski definition) is 8. The Hall–Kier alpha value is -5.98. The molecule has 0 bridgehead atoms. The van der Waals surface area contributed by atoms with Gasteiger partial charge < -0.3 is 34.9 Å². The van der Waals surface area contributed by atoms with Crippen LogP contribution in [0.2, 0.25) is 0 Å². The normalized spacial score (nSPS) is 19.1. The lowest BCUT2D eigenvalue weighted by atomic mass is 9.94. The molecule has 2 fully saturated rings. The number of nitrogens with one attached hydrogen (secondary N) is 3. The van der Waals surface area contributed by atoms with Crippen molar-refractivity contribution in [1.82, 2.24) is 30.4 Å². The van der Waals surface area contributed by atoms with Gasteiger partial charge in [-0.1, -0.05) is 82.3 Å². The number of aliphatic imine (C=N–C) groups is 1. The predicted molar refractivity (Wildman–Crippen MR) is 233 cm³/mol. The summed E-state index contributed by atoms with van der Waals surface area (Å²) in [5.74, 6) is 0.327. The van der Waals surface area contributed by atoms with Crippen LogP contribution in [0.5, 0.6) is 0 Å². The number of fused-ring (bicyclic) bond motifs is 1. The van der Waals surface area contributed by atoms with Crippen molar-refractivity contribution in [3.63, 3.8) is 0 Å². The number of carbonyl (C=O) groups is 4. The number of alkyl carbamates (subject to hydrolysis) is 2. The molecule has 0 spiro atoms. The molecule has 316 valence electrons. The summed E-state index contributed by atoms with van der Waals surface area (Å²) in [6.07, 6.45) is 8.89. The molecular formula is C47H57N7O6. The monoisotopic (exact) mass is 815 g/mol. The number of aromatic nitrogens is 2. The zero-order chi connectivity index (χ0) is 42.5. The lowest BCUT2D eigenvalue weighted by Gasteiger charge is -2.38. The number of hydrogen-bond donors (Lipinski definition) is 3. The Bertz CT molecular complexity index is 2280. The Morgan fingerprint density at radius 1 is 0.683 bits per heavy atom. The molecule has 4 amide bonds. The van der Waals surface area contributed by atoms with Crippen LogP contribution in [0, 0.1) is 11.8 Å². The van der Waals surface area contributed by atoms with Crippen LogP contribution in [0.3, 0.4) is 0 Å². The molecule has 13 heteroatoms. The Morgan fingerprint density at radius 3 is 1.78 bits per heavy atom. The molecule has 60 heavy (non-hydrogen) atoms. The first-order valence-corrected chi connectivity index (χ1v) is 21.2. The average molecular weight is 816 g/mol. The molecule has 1 aromatic heterocycles. The minimum atomic E-state index is -0.691. The van der Waals surface area contributed by atoms with E-state index < -0.39 is 24.3 Å². The number of rotatable bonds is 11. The summed E-state index contributed by atoms with van der Waals surface area (Å²) >= 11 is 0. The number of benzene rings is 3. The molecule has 13 nitrogen and oxygen atoms in total.